The van der Waals surface area contributed by atoms with Crippen LogP contribution in [0.15, 0.2) is 24.3 Å². The molecule has 0 radical (unpaired) electrons. The first kappa shape index (κ1) is 11.5. The molecule has 5 rings (SSSR count). The van der Waals surface area contributed by atoms with E-state index in [0.29, 0.717) is 0 Å². The van der Waals surface area contributed by atoms with Gasteiger partial charge in [-0.3, -0.25) is 0 Å². The average Bonchev–Trinajstić information content (AvgIpc) is 2.42. The molecule has 4 N–H and O–H groups in total. The predicted octanol–water partition coefficient (Wildman–Crippen LogP) is 2.88. The monoisotopic (exact) mass is 270 g/mol. The third-order valence-electron chi connectivity index (χ3n) is 4.61. The first-order valence-electron chi connectivity index (χ1n) is 6.68. The van der Waals surface area contributed by atoms with Crippen molar-refractivity contribution in [3.63, 3.8) is 0 Å². The van der Waals surface area contributed by atoms with Crippen molar-refractivity contribution in [2.45, 2.75) is 24.7 Å². The van der Waals surface area contributed by atoms with Gasteiger partial charge < -0.3 is 20.4 Å². The van der Waals surface area contributed by atoms with Gasteiger partial charge >= 0.3 is 0 Å². The zero-order valence-electron chi connectivity index (χ0n) is 10.7. The fraction of sp³-hybridized carbons (Fsp3) is 0.250. The van der Waals surface area contributed by atoms with E-state index in [0.717, 1.165) is 35.1 Å². The van der Waals surface area contributed by atoms with Crippen LogP contribution in [0.1, 0.15) is 46.9 Å². The van der Waals surface area contributed by atoms with E-state index in [1.807, 2.05) is 0 Å². The van der Waals surface area contributed by atoms with Crippen molar-refractivity contribution in [1.82, 2.24) is 0 Å². The number of fused-ring (bicyclic) bond motifs is 1. The van der Waals surface area contributed by atoms with Crippen molar-refractivity contribution >= 4 is 0 Å². The second-order valence-electron chi connectivity index (χ2n) is 5.62. The quantitative estimate of drug-likeness (QED) is 0.555. The molecule has 0 atom stereocenters. The second-order valence-corrected chi connectivity index (χ2v) is 5.62. The van der Waals surface area contributed by atoms with Crippen LogP contribution >= 0.6 is 0 Å². The van der Waals surface area contributed by atoms with Crippen LogP contribution in [0.4, 0.5) is 0 Å². The maximum atomic E-state index is 9.71. The SMILES string of the molecule is Oc1cc2c(cc1O)C1CCC2c2cc(O)c(O)cc21. The third kappa shape index (κ3) is 1.31. The van der Waals surface area contributed by atoms with E-state index >= 15 is 0 Å². The highest BCUT2D eigenvalue weighted by molar-refractivity contribution is 5.62. The molecular formula is C16H14O4. The molecule has 3 aliphatic rings. The summed E-state index contributed by atoms with van der Waals surface area (Å²) in [6.45, 7) is 0. The Hall–Kier alpha value is -2.36. The normalized spacial score (nSPS) is 22.4. The molecule has 0 aromatic heterocycles. The fourth-order valence-corrected chi connectivity index (χ4v) is 3.72. The van der Waals surface area contributed by atoms with Crippen molar-refractivity contribution in [2.24, 2.45) is 0 Å². The highest BCUT2D eigenvalue weighted by Gasteiger charge is 2.38. The van der Waals surface area contributed by atoms with Crippen molar-refractivity contribution in [1.29, 1.82) is 0 Å². The van der Waals surface area contributed by atoms with Gasteiger partial charge in [0, 0.05) is 11.8 Å². The molecule has 2 aromatic rings. The zero-order valence-corrected chi connectivity index (χ0v) is 10.7. The van der Waals surface area contributed by atoms with Gasteiger partial charge in [-0.1, -0.05) is 0 Å². The molecule has 0 aliphatic heterocycles. The lowest BCUT2D eigenvalue weighted by Crippen LogP contribution is -2.24. The Morgan fingerprint density at radius 2 is 0.800 bits per heavy atom. The summed E-state index contributed by atoms with van der Waals surface area (Å²) in [4.78, 5) is 0. The van der Waals surface area contributed by atoms with Crippen LogP contribution in [0, 0.1) is 0 Å². The van der Waals surface area contributed by atoms with Gasteiger partial charge in [0.2, 0.25) is 0 Å². The van der Waals surface area contributed by atoms with E-state index in [1.54, 1.807) is 24.3 Å². The maximum Gasteiger partial charge on any atom is 0.157 e. The number of rotatable bonds is 0. The number of phenolic OH excluding ortho intramolecular Hbond substituents is 4. The maximum absolute atomic E-state index is 9.71. The van der Waals surface area contributed by atoms with Crippen LogP contribution in [-0.2, 0) is 0 Å². The van der Waals surface area contributed by atoms with Crippen molar-refractivity contribution in [3.8, 4) is 23.0 Å². The van der Waals surface area contributed by atoms with Crippen LogP contribution in [0.5, 0.6) is 23.0 Å². The van der Waals surface area contributed by atoms with Gasteiger partial charge in [0.25, 0.3) is 0 Å². The summed E-state index contributed by atoms with van der Waals surface area (Å²) < 4.78 is 0. The number of hydrogen-bond donors (Lipinski definition) is 4. The van der Waals surface area contributed by atoms with Gasteiger partial charge in [0.05, 0.1) is 0 Å². The number of benzene rings is 2. The molecule has 0 spiro atoms. The average molecular weight is 270 g/mol. The van der Waals surface area contributed by atoms with Gasteiger partial charge in [-0.2, -0.15) is 0 Å². The number of phenols is 4. The standard InChI is InChI=1S/C16H14O4/c17-13-3-9-7-1-2-8(11(9)5-15(13)19)12-6-16(20)14(18)4-10(7)12/h3-8,17-20H,1-2H2. The molecule has 3 aliphatic carbocycles. The minimum atomic E-state index is -0.110. The smallest absolute Gasteiger partial charge is 0.157 e. The van der Waals surface area contributed by atoms with Crippen molar-refractivity contribution in [2.75, 3.05) is 0 Å². The van der Waals surface area contributed by atoms with Crippen LogP contribution in [0.25, 0.3) is 0 Å². The van der Waals surface area contributed by atoms with E-state index in [1.165, 1.54) is 0 Å². The summed E-state index contributed by atoms with van der Waals surface area (Å²) in [5, 5.41) is 38.8. The van der Waals surface area contributed by atoms with Crippen LogP contribution in [-0.4, -0.2) is 20.4 Å². The van der Waals surface area contributed by atoms with Gasteiger partial charge in [-0.15, -0.1) is 0 Å². The Morgan fingerprint density at radius 1 is 0.550 bits per heavy atom. The molecule has 0 amide bonds. The Morgan fingerprint density at radius 3 is 1.05 bits per heavy atom. The Labute approximate surface area is 115 Å². The summed E-state index contributed by atoms with van der Waals surface area (Å²) >= 11 is 0. The van der Waals surface area contributed by atoms with E-state index in [-0.39, 0.29) is 34.8 Å². The lowest BCUT2D eigenvalue weighted by atomic mass is 9.63. The first-order chi connectivity index (χ1) is 9.56. The molecule has 20 heavy (non-hydrogen) atoms. The molecule has 0 heterocycles. The minimum Gasteiger partial charge on any atom is -0.504 e. The Balaban J connectivity index is 2.00. The number of hydrogen-bond acceptors (Lipinski definition) is 4. The summed E-state index contributed by atoms with van der Waals surface area (Å²) in [5.74, 6) is -0.241. The molecule has 4 heteroatoms. The summed E-state index contributed by atoms with van der Waals surface area (Å²) in [6.07, 6.45) is 1.89. The molecule has 0 unspecified atom stereocenters. The summed E-state index contributed by atoms with van der Waals surface area (Å²) in [6, 6.07) is 6.48. The fourth-order valence-electron chi connectivity index (χ4n) is 3.72. The summed E-state index contributed by atoms with van der Waals surface area (Å²) in [5.41, 5.74) is 4.03. The highest BCUT2D eigenvalue weighted by Crippen LogP contribution is 2.56. The van der Waals surface area contributed by atoms with Crippen LogP contribution < -0.4 is 0 Å². The van der Waals surface area contributed by atoms with Crippen LogP contribution in [0.3, 0.4) is 0 Å². The molecule has 4 nitrogen and oxygen atoms in total. The number of aromatic hydroxyl groups is 4. The molecule has 0 fully saturated rings. The Kier molecular flexibility index (Phi) is 2.06. The van der Waals surface area contributed by atoms with Crippen molar-refractivity contribution < 1.29 is 20.4 Å². The minimum absolute atomic E-state index is 0.1000. The van der Waals surface area contributed by atoms with E-state index in [2.05, 4.69) is 0 Å². The lowest BCUT2D eigenvalue weighted by molar-refractivity contribution is 0.393. The van der Waals surface area contributed by atoms with Gasteiger partial charge in [-0.05, 0) is 59.4 Å². The molecule has 2 bridgehead atoms. The van der Waals surface area contributed by atoms with E-state index in [4.69, 9.17) is 0 Å². The predicted molar refractivity (Wildman–Crippen MR) is 72.5 cm³/mol. The van der Waals surface area contributed by atoms with E-state index < -0.39 is 0 Å². The lowest BCUT2D eigenvalue weighted by Gasteiger charge is -2.40. The molecule has 102 valence electrons. The molecule has 2 aromatic carbocycles. The summed E-state index contributed by atoms with van der Waals surface area (Å²) in [7, 11) is 0. The van der Waals surface area contributed by atoms with Crippen molar-refractivity contribution in [3.05, 3.63) is 46.5 Å². The third-order valence-corrected chi connectivity index (χ3v) is 4.61. The van der Waals surface area contributed by atoms with Gasteiger partial charge in [-0.25, -0.2) is 0 Å². The molecule has 0 saturated heterocycles. The van der Waals surface area contributed by atoms with Crippen LogP contribution in [0.2, 0.25) is 0 Å². The zero-order chi connectivity index (χ0) is 14.0. The largest absolute Gasteiger partial charge is 0.504 e. The van der Waals surface area contributed by atoms with Gasteiger partial charge in [0.1, 0.15) is 0 Å². The highest BCUT2D eigenvalue weighted by atomic mass is 16.3. The van der Waals surface area contributed by atoms with E-state index in [9.17, 15) is 20.4 Å². The Bertz CT molecular complexity index is 614. The molecular weight excluding hydrogens is 256 g/mol. The van der Waals surface area contributed by atoms with Gasteiger partial charge in [0.15, 0.2) is 23.0 Å². The second kappa shape index (κ2) is 3.60. The first-order valence-corrected chi connectivity index (χ1v) is 6.68. The topological polar surface area (TPSA) is 80.9 Å². The molecule has 0 saturated carbocycles.